The number of aryl methyl sites for hydroxylation is 1. The molecule has 0 spiro atoms. The first kappa shape index (κ1) is 13.8. The van der Waals surface area contributed by atoms with Crippen LogP contribution in [0.15, 0.2) is 29.2 Å². The fourth-order valence-corrected chi connectivity index (χ4v) is 2.60. The molecule has 0 radical (unpaired) electrons. The Kier molecular flexibility index (Phi) is 4.34. The number of aromatic nitrogens is 2. The van der Waals surface area contributed by atoms with E-state index in [4.69, 9.17) is 0 Å². The van der Waals surface area contributed by atoms with Crippen molar-refractivity contribution in [2.45, 2.75) is 6.04 Å². The van der Waals surface area contributed by atoms with Gasteiger partial charge in [-0.1, -0.05) is 0 Å². The number of hydrogen-bond donors (Lipinski definition) is 1. The van der Waals surface area contributed by atoms with Crippen LogP contribution in [0.4, 0.5) is 0 Å². The minimum Gasteiger partial charge on any atom is -0.350 e. The Bertz CT molecular complexity index is 533. The highest BCUT2D eigenvalue weighted by atomic mass is 32.1. The summed E-state index contributed by atoms with van der Waals surface area (Å²) in [7, 11) is 5.82. The van der Waals surface area contributed by atoms with E-state index in [1.807, 2.05) is 14.1 Å². The molecule has 2 rings (SSSR count). The molecule has 2 heterocycles. The van der Waals surface area contributed by atoms with Gasteiger partial charge in [0.15, 0.2) is 0 Å². The van der Waals surface area contributed by atoms with E-state index >= 15 is 0 Å². The summed E-state index contributed by atoms with van der Waals surface area (Å²) in [6, 6.07) is 2.28. The summed E-state index contributed by atoms with van der Waals surface area (Å²) < 4.78 is 1.62. The van der Waals surface area contributed by atoms with Crippen molar-refractivity contribution in [3.05, 3.63) is 40.3 Å². The predicted molar refractivity (Wildman–Crippen MR) is 76.3 cm³/mol. The summed E-state index contributed by atoms with van der Waals surface area (Å²) in [6.45, 7) is 0.581. The lowest BCUT2D eigenvalue weighted by Crippen LogP contribution is -2.34. The molecule has 2 aromatic rings. The maximum Gasteiger partial charge on any atom is 0.254 e. The molecule has 0 aromatic carbocycles. The highest BCUT2D eigenvalue weighted by Crippen LogP contribution is 2.20. The molecule has 1 N–H and O–H groups in total. The monoisotopic (exact) mass is 278 g/mol. The smallest absolute Gasteiger partial charge is 0.254 e. The molecule has 1 amide bonds. The van der Waals surface area contributed by atoms with Crippen molar-refractivity contribution >= 4 is 17.2 Å². The van der Waals surface area contributed by atoms with Gasteiger partial charge < -0.3 is 10.2 Å². The number of nitrogens with zero attached hydrogens (tertiary/aromatic N) is 3. The van der Waals surface area contributed by atoms with E-state index < -0.39 is 0 Å². The second-order valence-electron chi connectivity index (χ2n) is 4.65. The summed E-state index contributed by atoms with van der Waals surface area (Å²) in [6.07, 6.45) is 3.29. The van der Waals surface area contributed by atoms with Crippen LogP contribution in [0.3, 0.4) is 0 Å². The first-order valence-electron chi connectivity index (χ1n) is 6.03. The molecule has 0 bridgehead atoms. The van der Waals surface area contributed by atoms with Crippen LogP contribution in [0, 0.1) is 0 Å². The molecule has 5 nitrogen and oxygen atoms in total. The van der Waals surface area contributed by atoms with Gasteiger partial charge in [-0.2, -0.15) is 16.4 Å². The second-order valence-corrected chi connectivity index (χ2v) is 5.43. The van der Waals surface area contributed by atoms with Crippen LogP contribution in [0.1, 0.15) is 22.0 Å². The number of hydrogen-bond acceptors (Lipinski definition) is 4. The van der Waals surface area contributed by atoms with Crippen molar-refractivity contribution in [2.75, 3.05) is 20.6 Å². The average molecular weight is 278 g/mol. The lowest BCUT2D eigenvalue weighted by Gasteiger charge is -2.23. The standard InChI is InChI=1S/C13H18N4OS/c1-16(2)12(10-4-5-19-9-10)7-14-13(18)11-6-15-17(3)8-11/h4-6,8-9,12H,7H2,1-3H3,(H,14,18). The average Bonchev–Trinajstić information content (AvgIpc) is 3.00. The summed E-state index contributed by atoms with van der Waals surface area (Å²) in [4.78, 5) is 14.1. The maximum atomic E-state index is 12.0. The van der Waals surface area contributed by atoms with E-state index in [0.29, 0.717) is 12.1 Å². The number of nitrogens with one attached hydrogen (secondary N) is 1. The van der Waals surface area contributed by atoms with Gasteiger partial charge in [-0.15, -0.1) is 0 Å². The van der Waals surface area contributed by atoms with E-state index in [0.717, 1.165) is 0 Å². The van der Waals surface area contributed by atoms with Crippen molar-refractivity contribution < 1.29 is 4.79 Å². The van der Waals surface area contributed by atoms with Gasteiger partial charge in [-0.3, -0.25) is 9.48 Å². The van der Waals surface area contributed by atoms with Crippen LogP contribution in [0.2, 0.25) is 0 Å². The number of carbonyl (C=O) groups excluding carboxylic acids is 1. The predicted octanol–water partition coefficient (Wildman–Crippen LogP) is 1.51. The van der Waals surface area contributed by atoms with Crippen molar-refractivity contribution in [3.63, 3.8) is 0 Å². The number of rotatable bonds is 5. The molecule has 0 aliphatic heterocycles. The molecule has 0 saturated carbocycles. The Morgan fingerprint density at radius 3 is 2.89 bits per heavy atom. The van der Waals surface area contributed by atoms with Gasteiger partial charge >= 0.3 is 0 Å². The number of likely N-dealkylation sites (N-methyl/N-ethyl adjacent to an activating group) is 1. The Hall–Kier alpha value is -1.66. The van der Waals surface area contributed by atoms with E-state index in [1.54, 1.807) is 35.5 Å². The molecular weight excluding hydrogens is 260 g/mol. The van der Waals surface area contributed by atoms with Crippen molar-refractivity contribution in [2.24, 2.45) is 7.05 Å². The van der Waals surface area contributed by atoms with Gasteiger partial charge in [0.25, 0.3) is 5.91 Å². The van der Waals surface area contributed by atoms with Gasteiger partial charge in [0, 0.05) is 19.8 Å². The van der Waals surface area contributed by atoms with Crippen LogP contribution in [-0.2, 0) is 7.05 Å². The number of thiophene rings is 1. The van der Waals surface area contributed by atoms with Crippen LogP contribution in [0.5, 0.6) is 0 Å². The third-order valence-electron chi connectivity index (χ3n) is 2.97. The molecule has 0 saturated heterocycles. The second kappa shape index (κ2) is 5.99. The molecule has 0 fully saturated rings. The summed E-state index contributed by atoms with van der Waals surface area (Å²) >= 11 is 1.67. The van der Waals surface area contributed by atoms with Crippen LogP contribution in [-0.4, -0.2) is 41.2 Å². The zero-order valence-electron chi connectivity index (χ0n) is 11.3. The Balaban J connectivity index is 1.98. The molecule has 1 atom stereocenters. The molecular formula is C13H18N4OS. The summed E-state index contributed by atoms with van der Waals surface area (Å²) in [5, 5.41) is 11.1. The van der Waals surface area contributed by atoms with E-state index in [-0.39, 0.29) is 11.9 Å². The third kappa shape index (κ3) is 3.42. The van der Waals surface area contributed by atoms with Gasteiger partial charge in [0.05, 0.1) is 17.8 Å². The zero-order chi connectivity index (χ0) is 13.8. The maximum absolute atomic E-state index is 12.0. The molecule has 0 aliphatic carbocycles. The van der Waals surface area contributed by atoms with Gasteiger partial charge in [-0.05, 0) is 36.5 Å². The van der Waals surface area contributed by atoms with Crippen molar-refractivity contribution in [1.82, 2.24) is 20.0 Å². The molecule has 2 aromatic heterocycles. The van der Waals surface area contributed by atoms with Gasteiger partial charge in [-0.25, -0.2) is 0 Å². The van der Waals surface area contributed by atoms with Crippen molar-refractivity contribution in [3.8, 4) is 0 Å². The van der Waals surface area contributed by atoms with Crippen molar-refractivity contribution in [1.29, 1.82) is 0 Å². The Morgan fingerprint density at radius 2 is 2.37 bits per heavy atom. The zero-order valence-corrected chi connectivity index (χ0v) is 12.1. The minimum absolute atomic E-state index is 0.0878. The van der Waals surface area contributed by atoms with Gasteiger partial charge in [0.2, 0.25) is 0 Å². The van der Waals surface area contributed by atoms with E-state index in [1.165, 1.54) is 5.56 Å². The van der Waals surface area contributed by atoms with Crippen LogP contribution >= 0.6 is 11.3 Å². The van der Waals surface area contributed by atoms with Crippen LogP contribution < -0.4 is 5.32 Å². The summed E-state index contributed by atoms with van der Waals surface area (Å²) in [5.41, 5.74) is 1.81. The quantitative estimate of drug-likeness (QED) is 0.902. The van der Waals surface area contributed by atoms with E-state index in [2.05, 4.69) is 32.1 Å². The SMILES string of the molecule is CN(C)C(CNC(=O)c1cnn(C)c1)c1ccsc1. The highest BCUT2D eigenvalue weighted by Gasteiger charge is 2.16. The lowest BCUT2D eigenvalue weighted by atomic mass is 10.1. The third-order valence-corrected chi connectivity index (χ3v) is 3.68. The molecule has 1 unspecified atom stereocenters. The van der Waals surface area contributed by atoms with Crippen LogP contribution in [0.25, 0.3) is 0 Å². The molecule has 6 heteroatoms. The largest absolute Gasteiger partial charge is 0.350 e. The topological polar surface area (TPSA) is 50.2 Å². The minimum atomic E-state index is -0.0878. The molecule has 19 heavy (non-hydrogen) atoms. The Labute approximate surface area is 116 Å². The normalized spacial score (nSPS) is 12.6. The fourth-order valence-electron chi connectivity index (χ4n) is 1.89. The number of amides is 1. The molecule has 102 valence electrons. The summed E-state index contributed by atoms with van der Waals surface area (Å²) in [5.74, 6) is -0.0878. The van der Waals surface area contributed by atoms with E-state index in [9.17, 15) is 4.79 Å². The Morgan fingerprint density at radius 1 is 1.58 bits per heavy atom. The number of carbonyl (C=O) groups is 1. The first-order valence-corrected chi connectivity index (χ1v) is 6.97. The first-order chi connectivity index (χ1) is 9.08. The lowest BCUT2D eigenvalue weighted by molar-refractivity contribution is 0.0942. The molecule has 0 aliphatic rings. The fraction of sp³-hybridized carbons (Fsp3) is 0.385. The van der Waals surface area contributed by atoms with Gasteiger partial charge in [0.1, 0.15) is 0 Å². The highest BCUT2D eigenvalue weighted by molar-refractivity contribution is 7.07.